The lowest BCUT2D eigenvalue weighted by Crippen LogP contribution is -2.20. The summed E-state index contributed by atoms with van der Waals surface area (Å²) < 4.78 is 10.3. The summed E-state index contributed by atoms with van der Waals surface area (Å²) >= 11 is 0. The van der Waals surface area contributed by atoms with Gasteiger partial charge >= 0.3 is 5.97 Å². The zero-order valence-corrected chi connectivity index (χ0v) is 10.5. The molecule has 1 rings (SSSR count). The van der Waals surface area contributed by atoms with E-state index in [2.05, 4.69) is 6.92 Å². The number of esters is 1. The number of unbranched alkanes of at least 4 members (excludes halogenated alkanes) is 1. The molecule has 0 aliphatic carbocycles. The molecule has 1 unspecified atom stereocenters. The largest absolute Gasteiger partial charge is 0.465 e. The van der Waals surface area contributed by atoms with E-state index >= 15 is 0 Å². The van der Waals surface area contributed by atoms with Crippen LogP contribution in [0, 0.1) is 0 Å². The maximum atomic E-state index is 11.9. The van der Waals surface area contributed by atoms with Crippen molar-refractivity contribution >= 4 is 5.97 Å². The van der Waals surface area contributed by atoms with Crippen molar-refractivity contribution in [2.75, 3.05) is 20.3 Å². The van der Waals surface area contributed by atoms with Gasteiger partial charge in [0.1, 0.15) is 5.92 Å². The van der Waals surface area contributed by atoms with Gasteiger partial charge < -0.3 is 9.47 Å². The maximum absolute atomic E-state index is 11.9. The molecule has 0 radical (unpaired) electrons. The quantitative estimate of drug-likeness (QED) is 0.539. The van der Waals surface area contributed by atoms with Crippen molar-refractivity contribution < 1.29 is 14.3 Å². The zero-order valence-electron chi connectivity index (χ0n) is 10.5. The predicted molar refractivity (Wildman–Crippen MR) is 66.9 cm³/mol. The van der Waals surface area contributed by atoms with Gasteiger partial charge in [0.25, 0.3) is 0 Å². The molecule has 0 spiro atoms. The minimum Gasteiger partial charge on any atom is -0.465 e. The van der Waals surface area contributed by atoms with Crippen LogP contribution in [0.5, 0.6) is 0 Å². The summed E-state index contributed by atoms with van der Waals surface area (Å²) in [5.74, 6) is -0.524. The Balaban J connectivity index is 2.62. The highest BCUT2D eigenvalue weighted by molar-refractivity contribution is 5.78. The number of hydrogen-bond donors (Lipinski definition) is 0. The maximum Gasteiger partial charge on any atom is 0.315 e. The van der Waals surface area contributed by atoms with E-state index in [4.69, 9.17) is 9.47 Å². The van der Waals surface area contributed by atoms with E-state index in [0.29, 0.717) is 13.2 Å². The Morgan fingerprint density at radius 2 is 2.00 bits per heavy atom. The number of benzene rings is 1. The molecule has 0 heterocycles. The molecular weight excluding hydrogens is 216 g/mol. The summed E-state index contributed by atoms with van der Waals surface area (Å²) in [6.07, 6.45) is 1.92. The molecule has 94 valence electrons. The fourth-order valence-electron chi connectivity index (χ4n) is 1.57. The van der Waals surface area contributed by atoms with Crippen LogP contribution >= 0.6 is 0 Å². The molecule has 0 aliphatic heterocycles. The van der Waals surface area contributed by atoms with E-state index < -0.39 is 0 Å². The van der Waals surface area contributed by atoms with E-state index in [9.17, 15) is 4.79 Å². The van der Waals surface area contributed by atoms with Gasteiger partial charge in [0, 0.05) is 7.11 Å². The second-order valence-corrected chi connectivity index (χ2v) is 3.94. The number of ether oxygens (including phenoxy) is 2. The van der Waals surface area contributed by atoms with Gasteiger partial charge in [-0.25, -0.2) is 0 Å². The van der Waals surface area contributed by atoms with Crippen molar-refractivity contribution in [1.82, 2.24) is 0 Å². The van der Waals surface area contributed by atoms with Gasteiger partial charge in [-0.15, -0.1) is 0 Å². The van der Waals surface area contributed by atoms with Crippen molar-refractivity contribution in [2.45, 2.75) is 25.7 Å². The van der Waals surface area contributed by atoms with Crippen LogP contribution in [-0.4, -0.2) is 26.3 Å². The molecule has 0 saturated heterocycles. The Morgan fingerprint density at radius 3 is 2.59 bits per heavy atom. The van der Waals surface area contributed by atoms with Crippen LogP contribution in [0.2, 0.25) is 0 Å². The first kappa shape index (κ1) is 13.7. The molecule has 0 saturated carbocycles. The van der Waals surface area contributed by atoms with Crippen LogP contribution < -0.4 is 0 Å². The Labute approximate surface area is 103 Å². The summed E-state index contributed by atoms with van der Waals surface area (Å²) in [4.78, 5) is 11.9. The number of carbonyl (C=O) groups excluding carboxylic acids is 1. The third kappa shape index (κ3) is 4.57. The van der Waals surface area contributed by atoms with Crippen molar-refractivity contribution in [2.24, 2.45) is 0 Å². The molecule has 3 heteroatoms. The average Bonchev–Trinajstić information content (AvgIpc) is 2.37. The van der Waals surface area contributed by atoms with Crippen LogP contribution in [0.4, 0.5) is 0 Å². The van der Waals surface area contributed by atoms with Crippen LogP contribution in [0.1, 0.15) is 31.2 Å². The molecule has 17 heavy (non-hydrogen) atoms. The topological polar surface area (TPSA) is 35.5 Å². The molecule has 1 aromatic rings. The fourth-order valence-corrected chi connectivity index (χ4v) is 1.57. The monoisotopic (exact) mass is 236 g/mol. The van der Waals surface area contributed by atoms with Crippen molar-refractivity contribution in [3.63, 3.8) is 0 Å². The predicted octanol–water partition coefficient (Wildman–Crippen LogP) is 2.76. The van der Waals surface area contributed by atoms with Gasteiger partial charge in [0.15, 0.2) is 0 Å². The van der Waals surface area contributed by atoms with E-state index in [1.54, 1.807) is 7.11 Å². The molecule has 1 atom stereocenters. The number of methoxy groups -OCH3 is 1. The summed E-state index contributed by atoms with van der Waals surface area (Å²) in [6, 6.07) is 9.60. The first-order valence-electron chi connectivity index (χ1n) is 6.00. The van der Waals surface area contributed by atoms with Crippen LogP contribution in [0.15, 0.2) is 30.3 Å². The number of rotatable bonds is 7. The van der Waals surface area contributed by atoms with Gasteiger partial charge in [0.05, 0.1) is 13.2 Å². The fraction of sp³-hybridized carbons (Fsp3) is 0.500. The lowest BCUT2D eigenvalue weighted by atomic mass is 10.0. The lowest BCUT2D eigenvalue weighted by molar-refractivity contribution is -0.146. The normalized spacial score (nSPS) is 12.1. The first-order chi connectivity index (χ1) is 8.29. The van der Waals surface area contributed by atoms with E-state index in [1.165, 1.54) is 0 Å². The summed E-state index contributed by atoms with van der Waals surface area (Å²) in [5, 5.41) is 0. The zero-order chi connectivity index (χ0) is 12.5. The number of carbonyl (C=O) groups is 1. The van der Waals surface area contributed by atoms with Gasteiger partial charge in [-0.2, -0.15) is 0 Å². The summed E-state index contributed by atoms with van der Waals surface area (Å²) in [7, 11) is 1.59. The summed E-state index contributed by atoms with van der Waals surface area (Å²) in [5.41, 5.74) is 0.941. The van der Waals surface area contributed by atoms with Crippen LogP contribution in [0.3, 0.4) is 0 Å². The molecule has 0 amide bonds. The van der Waals surface area contributed by atoms with Gasteiger partial charge in [-0.05, 0) is 12.0 Å². The van der Waals surface area contributed by atoms with Gasteiger partial charge in [-0.3, -0.25) is 4.79 Å². The summed E-state index contributed by atoms with van der Waals surface area (Å²) in [6.45, 7) is 2.91. The molecule has 0 aliphatic rings. The van der Waals surface area contributed by atoms with E-state index in [1.807, 2.05) is 30.3 Å². The minimum absolute atomic E-state index is 0.202. The Hall–Kier alpha value is -1.35. The molecule has 0 N–H and O–H groups in total. The highest BCUT2D eigenvalue weighted by Gasteiger charge is 2.21. The third-order valence-electron chi connectivity index (χ3n) is 2.56. The second-order valence-electron chi connectivity index (χ2n) is 3.94. The molecule has 1 aromatic carbocycles. The minimum atomic E-state index is -0.321. The molecule has 0 bridgehead atoms. The highest BCUT2D eigenvalue weighted by atomic mass is 16.5. The smallest absolute Gasteiger partial charge is 0.315 e. The van der Waals surface area contributed by atoms with Crippen LogP contribution in [0.25, 0.3) is 0 Å². The Bertz CT molecular complexity index is 321. The molecule has 0 aromatic heterocycles. The van der Waals surface area contributed by atoms with E-state index in [-0.39, 0.29) is 11.9 Å². The number of hydrogen-bond acceptors (Lipinski definition) is 3. The Kier molecular flexibility index (Phi) is 6.33. The average molecular weight is 236 g/mol. The van der Waals surface area contributed by atoms with Gasteiger partial charge in [0.2, 0.25) is 0 Å². The first-order valence-corrected chi connectivity index (χ1v) is 6.00. The van der Waals surface area contributed by atoms with Crippen LogP contribution in [-0.2, 0) is 14.3 Å². The Morgan fingerprint density at radius 1 is 1.29 bits per heavy atom. The van der Waals surface area contributed by atoms with Gasteiger partial charge in [-0.1, -0.05) is 43.7 Å². The van der Waals surface area contributed by atoms with Crippen molar-refractivity contribution in [3.05, 3.63) is 35.9 Å². The second kappa shape index (κ2) is 7.85. The molecule has 3 nitrogen and oxygen atoms in total. The molecular formula is C14H20O3. The standard InChI is InChI=1S/C14H20O3/c1-3-4-10-17-14(15)13(11-16-2)12-8-6-5-7-9-12/h5-9,13H,3-4,10-11H2,1-2H3. The third-order valence-corrected chi connectivity index (χ3v) is 2.56. The highest BCUT2D eigenvalue weighted by Crippen LogP contribution is 2.17. The van der Waals surface area contributed by atoms with Crippen molar-refractivity contribution in [3.8, 4) is 0 Å². The van der Waals surface area contributed by atoms with Crippen molar-refractivity contribution in [1.29, 1.82) is 0 Å². The molecule has 0 fully saturated rings. The SMILES string of the molecule is CCCCOC(=O)C(COC)c1ccccc1. The lowest BCUT2D eigenvalue weighted by Gasteiger charge is -2.15. The van der Waals surface area contributed by atoms with E-state index in [0.717, 1.165) is 18.4 Å².